The lowest BCUT2D eigenvalue weighted by atomic mass is 9.50. The molecule has 1 N–H and O–H groups in total. The molecule has 7 nitrogen and oxygen atoms in total. The van der Waals surface area contributed by atoms with E-state index in [4.69, 9.17) is 9.29 Å². The van der Waals surface area contributed by atoms with E-state index >= 15 is 0 Å². The van der Waals surface area contributed by atoms with Crippen molar-refractivity contribution >= 4 is 22.1 Å². The number of carbonyl (C=O) groups is 2. The summed E-state index contributed by atoms with van der Waals surface area (Å²) >= 11 is 0. The molecule has 4 rings (SSSR count). The van der Waals surface area contributed by atoms with E-state index in [9.17, 15) is 35.6 Å². The maximum atomic E-state index is 13.8. The Labute approximate surface area is 158 Å². The van der Waals surface area contributed by atoms with Gasteiger partial charge in [-0.05, 0) is 62.7 Å². The van der Waals surface area contributed by atoms with Gasteiger partial charge in [-0.15, -0.1) is 0 Å². The van der Waals surface area contributed by atoms with Crippen LogP contribution in [-0.2, 0) is 29.2 Å². The van der Waals surface area contributed by atoms with Crippen molar-refractivity contribution in [3.05, 3.63) is 0 Å². The van der Waals surface area contributed by atoms with Crippen molar-refractivity contribution in [1.82, 2.24) is 0 Å². The van der Waals surface area contributed by atoms with Crippen molar-refractivity contribution < 1.29 is 49.6 Å². The molecule has 1 unspecified atom stereocenters. The van der Waals surface area contributed by atoms with Crippen LogP contribution in [0.5, 0.6) is 0 Å². The predicted molar refractivity (Wildman–Crippen MR) is 83.9 cm³/mol. The first-order chi connectivity index (χ1) is 12.7. The molecule has 160 valence electrons. The van der Waals surface area contributed by atoms with Crippen LogP contribution in [0.15, 0.2) is 0 Å². The predicted octanol–water partition coefficient (Wildman–Crippen LogP) is 2.40. The number of rotatable bonds is 5. The summed E-state index contributed by atoms with van der Waals surface area (Å²) in [7, 11) is -6.54. The topological polar surface area (TPSA) is 107 Å². The highest BCUT2D eigenvalue weighted by atomic mass is 32.2. The SMILES string of the molecule is CC1(OC(=O)COC(=O)C(F)(C(F)(F)F)S(=O)(=O)O)C2CC3CC(C2)CC1C3. The van der Waals surface area contributed by atoms with Crippen molar-refractivity contribution in [3.63, 3.8) is 0 Å². The van der Waals surface area contributed by atoms with Gasteiger partial charge in [0.05, 0.1) is 0 Å². The Morgan fingerprint density at radius 1 is 1.04 bits per heavy atom. The molecule has 4 aliphatic carbocycles. The first-order valence-corrected chi connectivity index (χ1v) is 10.2. The molecular weight excluding hydrogens is 412 g/mol. The van der Waals surface area contributed by atoms with Crippen LogP contribution >= 0.6 is 0 Å². The lowest BCUT2D eigenvalue weighted by molar-refractivity contribution is -0.221. The van der Waals surface area contributed by atoms with Gasteiger partial charge >= 0.3 is 33.2 Å². The van der Waals surface area contributed by atoms with E-state index in [2.05, 4.69) is 4.74 Å². The fourth-order valence-corrected chi connectivity index (χ4v) is 5.71. The van der Waals surface area contributed by atoms with Gasteiger partial charge in [0.25, 0.3) is 0 Å². The van der Waals surface area contributed by atoms with Crippen LogP contribution in [0.3, 0.4) is 0 Å². The van der Waals surface area contributed by atoms with E-state index in [0.717, 1.165) is 32.1 Å². The zero-order valence-corrected chi connectivity index (χ0v) is 15.7. The third-order valence-corrected chi connectivity index (χ3v) is 7.51. The second-order valence-corrected chi connectivity index (χ2v) is 9.62. The van der Waals surface area contributed by atoms with E-state index in [1.807, 2.05) is 0 Å². The van der Waals surface area contributed by atoms with Crippen molar-refractivity contribution in [2.45, 2.75) is 55.8 Å². The lowest BCUT2D eigenvalue weighted by Gasteiger charge is -2.59. The minimum atomic E-state index is -6.54. The molecule has 0 aliphatic heterocycles. The van der Waals surface area contributed by atoms with Gasteiger partial charge in [-0.3, -0.25) is 4.55 Å². The molecule has 0 amide bonds. The minimum Gasteiger partial charge on any atom is -0.456 e. The van der Waals surface area contributed by atoms with Crippen LogP contribution in [0.1, 0.15) is 39.0 Å². The summed E-state index contributed by atoms with van der Waals surface area (Å²) in [6, 6.07) is 0. The van der Waals surface area contributed by atoms with Gasteiger partial charge in [-0.1, -0.05) is 0 Å². The molecule has 1 atom stereocenters. The fraction of sp³-hybridized carbons (Fsp3) is 0.875. The Morgan fingerprint density at radius 3 is 1.89 bits per heavy atom. The third kappa shape index (κ3) is 3.27. The minimum absolute atomic E-state index is 0.0802. The van der Waals surface area contributed by atoms with Crippen molar-refractivity contribution in [3.8, 4) is 0 Å². The molecule has 0 radical (unpaired) electrons. The highest BCUT2D eigenvalue weighted by Crippen LogP contribution is 2.59. The number of carbonyl (C=O) groups excluding carboxylic acids is 2. The fourth-order valence-electron chi connectivity index (χ4n) is 5.15. The van der Waals surface area contributed by atoms with E-state index in [0.29, 0.717) is 11.8 Å². The molecule has 4 fully saturated rings. The van der Waals surface area contributed by atoms with Crippen LogP contribution in [0.25, 0.3) is 0 Å². The average Bonchev–Trinajstić information content (AvgIpc) is 2.54. The molecule has 0 aromatic rings. The maximum Gasteiger partial charge on any atom is 0.451 e. The molecule has 28 heavy (non-hydrogen) atoms. The first-order valence-electron chi connectivity index (χ1n) is 8.80. The van der Waals surface area contributed by atoms with Crippen molar-refractivity contribution in [2.24, 2.45) is 23.7 Å². The highest BCUT2D eigenvalue weighted by molar-refractivity contribution is 7.88. The van der Waals surface area contributed by atoms with Gasteiger partial charge in [0.2, 0.25) is 0 Å². The number of hydrogen-bond acceptors (Lipinski definition) is 6. The van der Waals surface area contributed by atoms with E-state index in [-0.39, 0.29) is 11.8 Å². The van der Waals surface area contributed by atoms with E-state index in [1.54, 1.807) is 6.92 Å². The van der Waals surface area contributed by atoms with Gasteiger partial charge in [-0.25, -0.2) is 14.0 Å². The Hall–Kier alpha value is -1.43. The summed E-state index contributed by atoms with van der Waals surface area (Å²) in [5, 5.41) is -5.69. The van der Waals surface area contributed by atoms with Gasteiger partial charge in [0, 0.05) is 0 Å². The molecule has 4 bridgehead atoms. The van der Waals surface area contributed by atoms with Gasteiger partial charge in [-0.2, -0.15) is 21.6 Å². The standard InChI is InChI=1S/C16H20F4O7S/c1-14(10-3-8-2-9(5-10)6-11(14)4-8)27-12(21)7-26-13(22)15(17,16(18,19)20)28(23,24)25/h8-11H,2-7H2,1H3,(H,23,24,25). The van der Waals surface area contributed by atoms with Gasteiger partial charge < -0.3 is 9.47 Å². The largest absolute Gasteiger partial charge is 0.456 e. The second kappa shape index (κ2) is 6.54. The molecule has 12 heteroatoms. The molecule has 4 saturated carbocycles. The smallest absolute Gasteiger partial charge is 0.451 e. The summed E-state index contributed by atoms with van der Waals surface area (Å²) < 4.78 is 91.2. The normalized spacial score (nSPS) is 36.6. The van der Waals surface area contributed by atoms with Crippen LogP contribution in [0.2, 0.25) is 0 Å². The summed E-state index contributed by atoms with van der Waals surface area (Å²) in [4.78, 5) is 23.5. The maximum absolute atomic E-state index is 13.8. The molecule has 0 saturated heterocycles. The zero-order valence-electron chi connectivity index (χ0n) is 14.9. The zero-order chi connectivity index (χ0) is 21.1. The molecule has 0 spiro atoms. The van der Waals surface area contributed by atoms with Gasteiger partial charge in [0.15, 0.2) is 6.61 Å². The summed E-state index contributed by atoms with van der Waals surface area (Å²) in [6.45, 7) is 0.325. The summed E-state index contributed by atoms with van der Waals surface area (Å²) in [6.07, 6.45) is -1.71. The van der Waals surface area contributed by atoms with Crippen molar-refractivity contribution in [2.75, 3.05) is 6.61 Å². The molecule has 0 aromatic carbocycles. The Balaban J connectivity index is 1.65. The second-order valence-electron chi connectivity index (χ2n) is 8.11. The van der Waals surface area contributed by atoms with Crippen molar-refractivity contribution in [1.29, 1.82) is 0 Å². The van der Waals surface area contributed by atoms with Crippen LogP contribution in [-0.4, -0.2) is 48.3 Å². The molecule has 4 aliphatic rings. The number of halogens is 4. The number of esters is 2. The number of ether oxygens (including phenoxy) is 2. The quantitative estimate of drug-likeness (QED) is 0.404. The Bertz CT molecular complexity index is 750. The Kier molecular flexibility index (Phi) is 4.97. The van der Waals surface area contributed by atoms with Crippen LogP contribution < -0.4 is 0 Å². The number of hydrogen-bond donors (Lipinski definition) is 1. The van der Waals surface area contributed by atoms with E-state index < -0.39 is 45.4 Å². The van der Waals surface area contributed by atoms with Crippen LogP contribution in [0, 0.1) is 23.7 Å². The molecule has 0 heterocycles. The van der Waals surface area contributed by atoms with Gasteiger partial charge in [0.1, 0.15) is 5.60 Å². The monoisotopic (exact) mass is 432 g/mol. The van der Waals surface area contributed by atoms with E-state index in [1.165, 1.54) is 0 Å². The molecule has 0 aromatic heterocycles. The summed E-state index contributed by atoms with van der Waals surface area (Å²) in [5.41, 5.74) is -0.864. The number of alkyl halides is 4. The average molecular weight is 432 g/mol. The first kappa shape index (κ1) is 21.3. The lowest BCUT2D eigenvalue weighted by Crippen LogP contribution is -2.58. The molecular formula is C16H20F4O7S. The third-order valence-electron chi connectivity index (χ3n) is 6.40. The van der Waals surface area contributed by atoms with Crippen LogP contribution in [0.4, 0.5) is 17.6 Å². The summed E-state index contributed by atoms with van der Waals surface area (Å²) in [5.74, 6) is -2.88. The Morgan fingerprint density at radius 2 is 1.50 bits per heavy atom. The highest BCUT2D eigenvalue weighted by Gasteiger charge is 2.73.